The molecule has 0 aliphatic carbocycles. The van der Waals surface area contributed by atoms with Gasteiger partial charge in [0, 0.05) is 36.6 Å². The molecule has 2 aromatic carbocycles. The van der Waals surface area contributed by atoms with Crippen LogP contribution in [-0.4, -0.2) is 65.2 Å². The number of amides is 4. The molecule has 0 unspecified atom stereocenters. The number of nitrogens with zero attached hydrogens (tertiary/aromatic N) is 6. The predicted octanol–water partition coefficient (Wildman–Crippen LogP) is 11.3. The van der Waals surface area contributed by atoms with Crippen LogP contribution in [0.15, 0.2) is 73.1 Å². The average molecular weight is 1070 g/mol. The molecule has 14 nitrogen and oxygen atoms in total. The van der Waals surface area contributed by atoms with Crippen molar-refractivity contribution in [2.45, 2.75) is 78.3 Å². The molecule has 0 bridgehead atoms. The van der Waals surface area contributed by atoms with E-state index in [9.17, 15) is 71.9 Å². The van der Waals surface area contributed by atoms with Gasteiger partial charge in [0.05, 0.1) is 43.7 Å². The summed E-state index contributed by atoms with van der Waals surface area (Å²) >= 11 is 12.0. The van der Waals surface area contributed by atoms with Crippen molar-refractivity contribution in [1.82, 2.24) is 40.2 Å². The number of pyridine rings is 2. The van der Waals surface area contributed by atoms with Gasteiger partial charge in [-0.25, -0.2) is 19.3 Å². The summed E-state index contributed by atoms with van der Waals surface area (Å²) in [5, 5.41) is 15.9. The molecular formula is C44H36Cl2F12N10O4. The first-order valence-electron chi connectivity index (χ1n) is 20.4. The number of anilines is 2. The number of benzene rings is 2. The summed E-state index contributed by atoms with van der Waals surface area (Å²) in [4.78, 5) is 59.3. The Kier molecular flexibility index (Phi) is 16.4. The largest absolute Gasteiger partial charge is 0.435 e. The molecular weight excluding hydrogens is 1030 g/mol. The van der Waals surface area contributed by atoms with Gasteiger partial charge in [-0.3, -0.25) is 19.2 Å². The van der Waals surface area contributed by atoms with Gasteiger partial charge in [-0.1, -0.05) is 23.2 Å². The Hall–Kier alpha value is -7.22. The van der Waals surface area contributed by atoms with Crippen LogP contribution in [0.25, 0.3) is 11.6 Å². The molecule has 0 aliphatic heterocycles. The Bertz CT molecular complexity index is 2840. The van der Waals surface area contributed by atoms with E-state index in [1.54, 1.807) is 27.7 Å². The summed E-state index contributed by atoms with van der Waals surface area (Å²) in [7, 11) is 0. The van der Waals surface area contributed by atoms with E-state index in [0.717, 1.165) is 0 Å². The van der Waals surface area contributed by atoms with Crippen molar-refractivity contribution in [3.63, 3.8) is 0 Å². The van der Waals surface area contributed by atoms with E-state index in [2.05, 4.69) is 41.4 Å². The number of alkyl halides is 12. The highest BCUT2D eigenvalue weighted by atomic mass is 35.5. The number of rotatable bonds is 10. The lowest BCUT2D eigenvalue weighted by molar-refractivity contribution is -0.142. The minimum atomic E-state index is -4.94. The minimum Gasteiger partial charge on any atom is -0.350 e. The molecule has 6 aromatic rings. The van der Waals surface area contributed by atoms with E-state index < -0.39 is 105 Å². The van der Waals surface area contributed by atoms with Gasteiger partial charge in [-0.05, 0) is 101 Å². The van der Waals surface area contributed by atoms with Crippen LogP contribution < -0.4 is 21.3 Å². The van der Waals surface area contributed by atoms with Crippen LogP contribution in [-0.2, 0) is 24.7 Å². The van der Waals surface area contributed by atoms with Crippen LogP contribution in [0.1, 0.15) is 103 Å². The van der Waals surface area contributed by atoms with Gasteiger partial charge in [0.2, 0.25) is 0 Å². The summed E-state index contributed by atoms with van der Waals surface area (Å²) in [6, 6.07) is 7.91. The van der Waals surface area contributed by atoms with Crippen molar-refractivity contribution in [2.75, 3.05) is 10.6 Å². The molecule has 0 fully saturated rings. The van der Waals surface area contributed by atoms with E-state index >= 15 is 0 Å². The van der Waals surface area contributed by atoms with E-state index in [4.69, 9.17) is 23.2 Å². The van der Waals surface area contributed by atoms with Crippen molar-refractivity contribution in [1.29, 1.82) is 0 Å². The maximum Gasteiger partial charge on any atom is 0.435 e. The van der Waals surface area contributed by atoms with Gasteiger partial charge in [0.15, 0.2) is 23.0 Å². The van der Waals surface area contributed by atoms with E-state index in [1.165, 1.54) is 50.5 Å². The SMILES string of the molecule is Cc1cc(C(F)(F)F)cc(C(=O)NC(C)C)c1NC(=O)c1cc(C(F)(F)F)nn1-c1ncccc1Cl.Cc1cc(C(F)(F)F)cc(C(=O)NC(C)C)c1NC(=O)c1cc(C(F)(F)F)nn1-c1ncccc1Cl. The monoisotopic (exact) mass is 1070 g/mol. The van der Waals surface area contributed by atoms with Crippen molar-refractivity contribution in [3.8, 4) is 11.6 Å². The quantitative estimate of drug-likeness (QED) is 0.0979. The molecule has 4 amide bonds. The molecule has 0 aliphatic rings. The number of hydrogen-bond acceptors (Lipinski definition) is 8. The lowest BCUT2D eigenvalue weighted by atomic mass is 10.0. The molecule has 28 heteroatoms. The number of carbonyl (C=O) groups excluding carboxylic acids is 4. The van der Waals surface area contributed by atoms with Gasteiger partial charge in [0.1, 0.15) is 11.4 Å². The van der Waals surface area contributed by atoms with Gasteiger partial charge in [-0.15, -0.1) is 0 Å². The second-order valence-corrected chi connectivity index (χ2v) is 16.7. The fourth-order valence-corrected chi connectivity index (χ4v) is 6.78. The highest BCUT2D eigenvalue weighted by Gasteiger charge is 2.39. The standard InChI is InChI=1S/2C22H18ClF6N5O2/c2*1-10(2)31-19(35)13-8-12(21(24,25)26)7-11(3)17(13)32-20(36)15-9-16(22(27,28)29)33-34(15)18-14(23)5-4-6-30-18/h2*4-10H,1-3H3,(H,31,35)(H,32,36). The molecule has 0 atom stereocenters. The Morgan fingerprint density at radius 3 is 1.12 bits per heavy atom. The molecule has 0 spiro atoms. The second-order valence-electron chi connectivity index (χ2n) is 15.9. The average Bonchev–Trinajstić information content (AvgIpc) is 3.91. The predicted molar refractivity (Wildman–Crippen MR) is 236 cm³/mol. The summed E-state index contributed by atoms with van der Waals surface area (Å²) in [6.45, 7) is 8.72. The van der Waals surface area contributed by atoms with Crippen LogP contribution in [0.3, 0.4) is 0 Å². The zero-order chi connectivity index (χ0) is 54.0. The molecule has 4 aromatic heterocycles. The third-order valence-corrected chi connectivity index (χ3v) is 10.1. The molecule has 4 N–H and O–H groups in total. The Morgan fingerprint density at radius 2 is 0.847 bits per heavy atom. The van der Waals surface area contributed by atoms with Gasteiger partial charge < -0.3 is 21.3 Å². The summed E-state index contributed by atoms with van der Waals surface area (Å²) < 4.78 is 162. The maximum atomic E-state index is 13.4. The van der Waals surface area contributed by atoms with E-state index in [0.29, 0.717) is 45.8 Å². The minimum absolute atomic E-state index is 0.119. The van der Waals surface area contributed by atoms with Crippen molar-refractivity contribution < 1.29 is 71.9 Å². The lowest BCUT2D eigenvalue weighted by Crippen LogP contribution is -2.32. The Balaban J connectivity index is 0.000000267. The molecule has 0 radical (unpaired) electrons. The number of halogens is 14. The topological polar surface area (TPSA) is 178 Å². The first-order valence-corrected chi connectivity index (χ1v) is 21.2. The first-order chi connectivity index (χ1) is 33.2. The zero-order valence-corrected chi connectivity index (χ0v) is 39.2. The smallest absolute Gasteiger partial charge is 0.350 e. The fourth-order valence-electron chi connectivity index (χ4n) is 6.38. The van der Waals surface area contributed by atoms with Crippen LogP contribution in [0, 0.1) is 13.8 Å². The van der Waals surface area contributed by atoms with Crippen LogP contribution in [0.2, 0.25) is 10.0 Å². The maximum absolute atomic E-state index is 13.4. The van der Waals surface area contributed by atoms with Gasteiger partial charge >= 0.3 is 24.7 Å². The molecule has 384 valence electrons. The van der Waals surface area contributed by atoms with E-state index in [1.807, 2.05) is 0 Å². The number of aromatic nitrogens is 6. The lowest BCUT2D eigenvalue weighted by Gasteiger charge is -2.18. The van der Waals surface area contributed by atoms with Crippen molar-refractivity contribution in [2.24, 2.45) is 0 Å². The molecule has 6 rings (SSSR count). The first kappa shape index (κ1) is 55.7. The molecule has 0 saturated carbocycles. The van der Waals surface area contributed by atoms with Crippen LogP contribution in [0.4, 0.5) is 64.1 Å². The fraction of sp³-hybridized carbons (Fsp3) is 0.273. The number of nitrogens with one attached hydrogen (secondary N) is 4. The van der Waals surface area contributed by atoms with Crippen LogP contribution >= 0.6 is 23.2 Å². The number of hydrogen-bond donors (Lipinski definition) is 4. The molecule has 4 heterocycles. The highest BCUT2D eigenvalue weighted by Crippen LogP contribution is 2.38. The summed E-state index contributed by atoms with van der Waals surface area (Å²) in [5.74, 6) is -4.82. The summed E-state index contributed by atoms with van der Waals surface area (Å²) in [5.41, 5.74) is -8.48. The number of carbonyl (C=O) groups is 4. The van der Waals surface area contributed by atoms with Gasteiger partial charge in [-0.2, -0.15) is 62.9 Å². The van der Waals surface area contributed by atoms with Crippen molar-refractivity contribution >= 4 is 58.2 Å². The molecule has 72 heavy (non-hydrogen) atoms. The normalized spacial score (nSPS) is 12.1. The Morgan fingerprint density at radius 1 is 0.514 bits per heavy atom. The van der Waals surface area contributed by atoms with Crippen LogP contribution in [0.5, 0.6) is 0 Å². The van der Waals surface area contributed by atoms with Crippen molar-refractivity contribution in [3.05, 3.63) is 139 Å². The molecule has 0 saturated heterocycles. The Labute approximate surface area is 409 Å². The van der Waals surface area contributed by atoms with E-state index in [-0.39, 0.29) is 44.2 Å². The zero-order valence-electron chi connectivity index (χ0n) is 37.7. The second kappa shape index (κ2) is 21.2. The third-order valence-electron chi connectivity index (χ3n) is 9.48. The summed E-state index contributed by atoms with van der Waals surface area (Å²) in [6.07, 6.45) is -17.0. The third kappa shape index (κ3) is 13.2. The highest BCUT2D eigenvalue weighted by molar-refractivity contribution is 6.32. The van der Waals surface area contributed by atoms with Gasteiger partial charge in [0.25, 0.3) is 23.6 Å². The number of aryl methyl sites for hydroxylation is 2.